The lowest BCUT2D eigenvalue weighted by molar-refractivity contribution is -0.124. The average molecular weight is 192 g/mol. The molecule has 76 valence electrons. The molecule has 1 aliphatic rings. The van der Waals surface area contributed by atoms with E-state index in [1.54, 1.807) is 0 Å². The summed E-state index contributed by atoms with van der Waals surface area (Å²) < 4.78 is 0. The summed E-state index contributed by atoms with van der Waals surface area (Å²) in [6.45, 7) is 0. The highest BCUT2D eigenvalue weighted by Crippen LogP contribution is 2.25. The second kappa shape index (κ2) is 5.27. The number of carbonyl (C=O) groups excluding carboxylic acids is 1. The van der Waals surface area contributed by atoms with E-state index in [0.29, 0.717) is 0 Å². The summed E-state index contributed by atoms with van der Waals surface area (Å²) in [7, 11) is 0. The Bertz CT molecular complexity index is 281. The van der Waals surface area contributed by atoms with Gasteiger partial charge in [-0.05, 0) is 25.0 Å². The Hall–Kier alpha value is -1.51. The molecule has 0 unspecified atom stereocenters. The molecule has 0 spiro atoms. The molecule has 1 fully saturated rings. The maximum absolute atomic E-state index is 10.2. The topological polar surface area (TPSA) is 69.1 Å². The lowest BCUT2D eigenvalue weighted by Crippen LogP contribution is -2.28. The van der Waals surface area contributed by atoms with E-state index in [1.165, 1.54) is 6.42 Å². The van der Waals surface area contributed by atoms with Gasteiger partial charge in [0.25, 0.3) is 0 Å². The molecule has 1 amide bonds. The molecule has 0 heterocycles. The van der Waals surface area contributed by atoms with Crippen LogP contribution in [0.5, 0.6) is 0 Å². The van der Waals surface area contributed by atoms with E-state index in [4.69, 9.17) is 11.5 Å². The molecule has 1 saturated carbocycles. The normalized spacial score (nSPS) is 14.9. The maximum Gasteiger partial charge on any atom is 0.220 e. The number of anilines is 1. The Labute approximate surface area is 84.1 Å². The predicted molar refractivity (Wildman–Crippen MR) is 57.4 cm³/mol. The van der Waals surface area contributed by atoms with Crippen molar-refractivity contribution >= 4 is 11.6 Å². The molecule has 3 nitrogen and oxygen atoms in total. The zero-order valence-corrected chi connectivity index (χ0v) is 8.15. The van der Waals surface area contributed by atoms with E-state index in [9.17, 15) is 4.79 Å². The number of amides is 1. The van der Waals surface area contributed by atoms with Gasteiger partial charge in [-0.2, -0.15) is 0 Å². The summed E-state index contributed by atoms with van der Waals surface area (Å²) in [5, 5.41) is 0. The van der Waals surface area contributed by atoms with Gasteiger partial charge in [0.15, 0.2) is 0 Å². The fourth-order valence-corrected chi connectivity index (χ4v) is 1.15. The van der Waals surface area contributed by atoms with E-state index in [2.05, 4.69) is 0 Å². The molecule has 0 bridgehead atoms. The number of primary amides is 1. The van der Waals surface area contributed by atoms with Crippen molar-refractivity contribution in [1.82, 2.24) is 0 Å². The van der Waals surface area contributed by atoms with Gasteiger partial charge in [0.05, 0.1) is 0 Å². The molecule has 14 heavy (non-hydrogen) atoms. The van der Waals surface area contributed by atoms with Gasteiger partial charge < -0.3 is 11.5 Å². The molecule has 0 atom stereocenters. The lowest BCUT2D eigenvalue weighted by Gasteiger charge is -2.20. The number of para-hydroxylation sites is 1. The number of rotatable bonds is 1. The number of nitrogens with two attached hydrogens (primary N) is 2. The monoisotopic (exact) mass is 192 g/mol. The highest BCUT2D eigenvalue weighted by Gasteiger charge is 2.21. The zero-order chi connectivity index (χ0) is 10.4. The minimum atomic E-state index is -0.119. The van der Waals surface area contributed by atoms with Crippen molar-refractivity contribution in [1.29, 1.82) is 0 Å². The molecule has 1 aromatic carbocycles. The second-order valence-electron chi connectivity index (χ2n) is 3.44. The average Bonchev–Trinajstić information content (AvgIpc) is 2.02. The summed E-state index contributed by atoms with van der Waals surface area (Å²) in [5.74, 6) is 0.103. The van der Waals surface area contributed by atoms with E-state index in [0.717, 1.165) is 18.5 Å². The molecule has 1 aromatic rings. The Morgan fingerprint density at radius 1 is 1.21 bits per heavy atom. The van der Waals surface area contributed by atoms with E-state index in [1.807, 2.05) is 30.3 Å². The Morgan fingerprint density at radius 3 is 1.93 bits per heavy atom. The van der Waals surface area contributed by atoms with Gasteiger partial charge in [-0.3, -0.25) is 4.79 Å². The standard InChI is InChI=1S/C6H7N.C5H9NO/c7-6-4-2-1-3-5-6;6-5(7)4-2-1-3-4/h1-5H,7H2;4H,1-3H2,(H2,6,7). The number of nitrogen functional groups attached to an aromatic ring is 1. The first kappa shape index (κ1) is 10.6. The Balaban J connectivity index is 0.000000140. The van der Waals surface area contributed by atoms with Gasteiger partial charge in [0.1, 0.15) is 0 Å². The Morgan fingerprint density at radius 2 is 1.79 bits per heavy atom. The van der Waals surface area contributed by atoms with Crippen LogP contribution in [-0.2, 0) is 4.79 Å². The molecule has 0 radical (unpaired) electrons. The third-order valence-corrected chi connectivity index (χ3v) is 2.31. The van der Waals surface area contributed by atoms with Crippen molar-refractivity contribution in [2.75, 3.05) is 5.73 Å². The van der Waals surface area contributed by atoms with Crippen LogP contribution in [0.15, 0.2) is 30.3 Å². The van der Waals surface area contributed by atoms with Gasteiger partial charge in [0.2, 0.25) is 5.91 Å². The van der Waals surface area contributed by atoms with Crippen LogP contribution in [0.4, 0.5) is 5.69 Å². The number of benzene rings is 1. The van der Waals surface area contributed by atoms with Crippen LogP contribution in [-0.4, -0.2) is 5.91 Å². The minimum Gasteiger partial charge on any atom is -0.399 e. The molecule has 0 aliphatic heterocycles. The zero-order valence-electron chi connectivity index (χ0n) is 8.15. The SMILES string of the molecule is NC(=O)C1CCC1.Nc1ccccc1. The van der Waals surface area contributed by atoms with Crippen molar-refractivity contribution in [3.8, 4) is 0 Å². The lowest BCUT2D eigenvalue weighted by atomic mass is 9.85. The van der Waals surface area contributed by atoms with Gasteiger partial charge in [-0.1, -0.05) is 24.6 Å². The fraction of sp³-hybridized carbons (Fsp3) is 0.364. The van der Waals surface area contributed by atoms with Crippen LogP contribution in [0.2, 0.25) is 0 Å². The van der Waals surface area contributed by atoms with Gasteiger partial charge in [0, 0.05) is 11.6 Å². The molecule has 2 rings (SSSR count). The fourth-order valence-electron chi connectivity index (χ4n) is 1.15. The van der Waals surface area contributed by atoms with E-state index < -0.39 is 0 Å². The number of hydrogen-bond donors (Lipinski definition) is 2. The first-order chi connectivity index (χ1) is 6.70. The quantitative estimate of drug-likeness (QED) is 0.663. The van der Waals surface area contributed by atoms with Crippen LogP contribution in [0.1, 0.15) is 19.3 Å². The molecular formula is C11H16N2O. The Kier molecular flexibility index (Phi) is 3.98. The van der Waals surface area contributed by atoms with Crippen LogP contribution in [0.3, 0.4) is 0 Å². The minimum absolute atomic E-state index is 0.119. The van der Waals surface area contributed by atoms with Crippen molar-refractivity contribution in [3.05, 3.63) is 30.3 Å². The summed E-state index contributed by atoms with van der Waals surface area (Å²) >= 11 is 0. The predicted octanol–water partition coefficient (Wildman–Crippen LogP) is 1.54. The first-order valence-electron chi connectivity index (χ1n) is 4.80. The van der Waals surface area contributed by atoms with Gasteiger partial charge in [-0.25, -0.2) is 0 Å². The molecule has 0 saturated heterocycles. The van der Waals surface area contributed by atoms with Crippen molar-refractivity contribution in [3.63, 3.8) is 0 Å². The van der Waals surface area contributed by atoms with Crippen LogP contribution >= 0.6 is 0 Å². The van der Waals surface area contributed by atoms with Gasteiger partial charge in [-0.15, -0.1) is 0 Å². The van der Waals surface area contributed by atoms with E-state index >= 15 is 0 Å². The maximum atomic E-state index is 10.2. The third kappa shape index (κ3) is 3.47. The van der Waals surface area contributed by atoms with Crippen LogP contribution < -0.4 is 11.5 Å². The highest BCUT2D eigenvalue weighted by molar-refractivity contribution is 5.77. The molecular weight excluding hydrogens is 176 g/mol. The number of hydrogen-bond acceptors (Lipinski definition) is 2. The van der Waals surface area contributed by atoms with Crippen molar-refractivity contribution in [2.24, 2.45) is 11.7 Å². The summed E-state index contributed by atoms with van der Waals surface area (Å²) in [6.07, 6.45) is 3.23. The molecule has 1 aliphatic carbocycles. The largest absolute Gasteiger partial charge is 0.399 e. The highest BCUT2D eigenvalue weighted by atomic mass is 16.1. The van der Waals surface area contributed by atoms with Crippen molar-refractivity contribution < 1.29 is 4.79 Å². The smallest absolute Gasteiger partial charge is 0.220 e. The van der Waals surface area contributed by atoms with Crippen LogP contribution in [0.25, 0.3) is 0 Å². The van der Waals surface area contributed by atoms with E-state index in [-0.39, 0.29) is 11.8 Å². The van der Waals surface area contributed by atoms with Crippen molar-refractivity contribution in [2.45, 2.75) is 19.3 Å². The number of carbonyl (C=O) groups is 1. The molecule has 0 aromatic heterocycles. The second-order valence-corrected chi connectivity index (χ2v) is 3.44. The third-order valence-electron chi connectivity index (χ3n) is 2.31. The van der Waals surface area contributed by atoms with Gasteiger partial charge >= 0.3 is 0 Å². The molecule has 4 N–H and O–H groups in total. The van der Waals surface area contributed by atoms with Crippen LogP contribution in [0, 0.1) is 5.92 Å². The first-order valence-corrected chi connectivity index (χ1v) is 4.80. The summed E-state index contributed by atoms with van der Waals surface area (Å²) in [6, 6.07) is 9.49. The molecule has 3 heteroatoms. The summed E-state index contributed by atoms with van der Waals surface area (Å²) in [5.41, 5.74) is 11.1. The summed E-state index contributed by atoms with van der Waals surface area (Å²) in [4.78, 5) is 10.2.